The summed E-state index contributed by atoms with van der Waals surface area (Å²) in [7, 11) is -2.04. The van der Waals surface area contributed by atoms with E-state index < -0.39 is 11.8 Å². The van der Waals surface area contributed by atoms with Gasteiger partial charge in [-0.3, -0.25) is 0 Å². The van der Waals surface area contributed by atoms with E-state index in [9.17, 15) is 8.78 Å². The summed E-state index contributed by atoms with van der Waals surface area (Å²) in [6, 6.07) is 0. The molecule has 0 aromatic heterocycles. The Bertz CT molecular complexity index is 113. The standard InChI is InChI=1S/C7H15BrF2P.BrH/c1-4-11(5-2,6-3)7(8,9)10;/h4-6H2,1-3H3;1H/q+1;/p-1. The van der Waals surface area contributed by atoms with Crippen LogP contribution >= 0.6 is 23.2 Å². The second-order valence-electron chi connectivity index (χ2n) is 2.56. The molecule has 0 atom stereocenters. The molecule has 0 spiro atoms. The van der Waals surface area contributed by atoms with Gasteiger partial charge in [-0.05, 0) is 20.8 Å². The number of halogens is 4. The molecule has 0 heterocycles. The monoisotopic (exact) mass is 326 g/mol. The minimum absolute atomic E-state index is 0. The Kier molecular flexibility index (Phi) is 7.69. The predicted molar refractivity (Wildman–Crippen MR) is 52.4 cm³/mol. The molecule has 0 radical (unpaired) electrons. The van der Waals surface area contributed by atoms with Gasteiger partial charge in [-0.2, -0.15) is 8.78 Å². The molecule has 0 saturated carbocycles. The van der Waals surface area contributed by atoms with Gasteiger partial charge in [-0.15, -0.1) is 0 Å². The summed E-state index contributed by atoms with van der Waals surface area (Å²) in [5.41, 5.74) is 0. The molecule has 76 valence electrons. The van der Waals surface area contributed by atoms with Crippen molar-refractivity contribution < 1.29 is 25.8 Å². The highest BCUT2D eigenvalue weighted by Gasteiger charge is 2.55. The second-order valence-corrected chi connectivity index (χ2v) is 8.92. The lowest BCUT2D eigenvalue weighted by molar-refractivity contribution is -0.00000500. The number of rotatable bonds is 4. The summed E-state index contributed by atoms with van der Waals surface area (Å²) in [6.45, 7) is 5.57. The van der Waals surface area contributed by atoms with Crippen LogP contribution in [0.1, 0.15) is 20.8 Å². The van der Waals surface area contributed by atoms with Crippen LogP contribution in [0.5, 0.6) is 0 Å². The number of hydrogen-bond acceptors (Lipinski definition) is 0. The zero-order valence-corrected chi connectivity index (χ0v) is 11.6. The van der Waals surface area contributed by atoms with Crippen LogP contribution in [0.15, 0.2) is 0 Å². The van der Waals surface area contributed by atoms with Gasteiger partial charge in [0, 0.05) is 15.9 Å². The smallest absolute Gasteiger partial charge is 0.408 e. The molecule has 0 unspecified atom stereocenters. The molecule has 0 aliphatic carbocycles. The van der Waals surface area contributed by atoms with Gasteiger partial charge < -0.3 is 17.0 Å². The van der Waals surface area contributed by atoms with Crippen molar-refractivity contribution in [3.63, 3.8) is 0 Å². The fourth-order valence-electron chi connectivity index (χ4n) is 1.21. The van der Waals surface area contributed by atoms with Gasteiger partial charge >= 0.3 is 4.57 Å². The molecule has 12 heavy (non-hydrogen) atoms. The van der Waals surface area contributed by atoms with E-state index in [0.717, 1.165) is 0 Å². The average Bonchev–Trinajstić information content (AvgIpc) is 1.90. The minimum Gasteiger partial charge on any atom is -1.00 e. The fraction of sp³-hybridized carbons (Fsp3) is 1.00. The van der Waals surface area contributed by atoms with Crippen LogP contribution in [0.2, 0.25) is 0 Å². The normalized spacial score (nSPS) is 12.5. The zero-order valence-electron chi connectivity index (χ0n) is 7.58. The van der Waals surface area contributed by atoms with Crippen molar-refractivity contribution in [2.45, 2.75) is 25.3 Å². The van der Waals surface area contributed by atoms with Crippen molar-refractivity contribution in [3.05, 3.63) is 0 Å². The van der Waals surface area contributed by atoms with E-state index in [1.165, 1.54) is 0 Å². The van der Waals surface area contributed by atoms with E-state index in [-0.39, 0.29) is 17.0 Å². The molecule has 5 heteroatoms. The summed E-state index contributed by atoms with van der Waals surface area (Å²) in [6.07, 6.45) is 1.87. The summed E-state index contributed by atoms with van der Waals surface area (Å²) >= 11 is 2.50. The third-order valence-corrected chi connectivity index (χ3v) is 9.32. The first-order valence-electron chi connectivity index (χ1n) is 3.86. The maximum atomic E-state index is 13.0. The fourth-order valence-corrected chi connectivity index (χ4v) is 5.88. The lowest BCUT2D eigenvalue weighted by Gasteiger charge is -2.27. The summed E-state index contributed by atoms with van der Waals surface area (Å²) < 4.78 is 23.4. The van der Waals surface area contributed by atoms with Crippen molar-refractivity contribution in [1.82, 2.24) is 0 Å². The second kappa shape index (κ2) is 5.87. The molecule has 0 saturated heterocycles. The molecule has 0 aromatic carbocycles. The Hall–Kier alpha value is 1.25. The molecular weight excluding hydrogens is 313 g/mol. The van der Waals surface area contributed by atoms with E-state index in [1.54, 1.807) is 0 Å². The molecule has 0 rings (SSSR count). The zero-order chi connectivity index (χ0) is 9.12. The van der Waals surface area contributed by atoms with Gasteiger partial charge in [-0.1, -0.05) is 0 Å². The van der Waals surface area contributed by atoms with Crippen molar-refractivity contribution in [1.29, 1.82) is 0 Å². The van der Waals surface area contributed by atoms with Gasteiger partial charge in [0.25, 0.3) is 0 Å². The molecule has 0 nitrogen and oxygen atoms in total. The third kappa shape index (κ3) is 3.19. The SMILES string of the molecule is CC[P+](CC)(CC)C(F)(F)Br.[Br-]. The van der Waals surface area contributed by atoms with Gasteiger partial charge in [0.15, 0.2) is 0 Å². The Morgan fingerprint density at radius 1 is 1.08 bits per heavy atom. The van der Waals surface area contributed by atoms with Crippen LogP contribution in [-0.4, -0.2) is 23.1 Å². The average molecular weight is 328 g/mol. The van der Waals surface area contributed by atoms with E-state index in [0.29, 0.717) is 18.5 Å². The largest absolute Gasteiger partial charge is 1.00 e. The molecule has 0 aromatic rings. The maximum absolute atomic E-state index is 13.0. The topological polar surface area (TPSA) is 0 Å². The molecule has 0 fully saturated rings. The summed E-state index contributed by atoms with van der Waals surface area (Å²) in [5.74, 6) is 0. The molecule has 0 bridgehead atoms. The highest BCUT2D eigenvalue weighted by atomic mass is 79.9. The number of hydrogen-bond donors (Lipinski definition) is 0. The Labute approximate surface area is 92.7 Å². The van der Waals surface area contributed by atoms with Crippen LogP contribution in [0.25, 0.3) is 0 Å². The summed E-state index contributed by atoms with van der Waals surface area (Å²) in [4.78, 5) is 0. The van der Waals surface area contributed by atoms with Crippen molar-refractivity contribution in [2.24, 2.45) is 0 Å². The van der Waals surface area contributed by atoms with Gasteiger partial charge in [-0.25, -0.2) is 0 Å². The first kappa shape index (κ1) is 15.7. The third-order valence-electron chi connectivity index (χ3n) is 2.35. The van der Waals surface area contributed by atoms with Crippen molar-refractivity contribution in [2.75, 3.05) is 18.5 Å². The van der Waals surface area contributed by atoms with Crippen LogP contribution in [0, 0.1) is 0 Å². The molecule has 0 N–H and O–H groups in total. The van der Waals surface area contributed by atoms with Crippen LogP contribution < -0.4 is 17.0 Å². The van der Waals surface area contributed by atoms with Gasteiger partial charge in [0.05, 0.1) is 25.7 Å². The van der Waals surface area contributed by atoms with Crippen LogP contribution in [0.3, 0.4) is 0 Å². The quantitative estimate of drug-likeness (QED) is 0.534. The van der Waals surface area contributed by atoms with Crippen LogP contribution in [0.4, 0.5) is 8.78 Å². The highest BCUT2D eigenvalue weighted by Crippen LogP contribution is 2.72. The van der Waals surface area contributed by atoms with Gasteiger partial charge in [0.1, 0.15) is 0 Å². The first-order valence-corrected chi connectivity index (χ1v) is 7.00. The lowest BCUT2D eigenvalue weighted by atomic mass is 10.9. The van der Waals surface area contributed by atoms with Gasteiger partial charge in [0.2, 0.25) is 0 Å². The van der Waals surface area contributed by atoms with E-state index >= 15 is 0 Å². The first-order chi connectivity index (χ1) is 4.93. The molecule has 0 aliphatic heterocycles. The molecule has 0 amide bonds. The molecular formula is C7H15Br2F2P. The number of alkyl halides is 3. The van der Waals surface area contributed by atoms with E-state index in [2.05, 4.69) is 15.9 Å². The minimum atomic E-state index is -2.61. The van der Waals surface area contributed by atoms with Crippen molar-refractivity contribution >= 4 is 23.2 Å². The van der Waals surface area contributed by atoms with Crippen LogP contribution in [-0.2, 0) is 0 Å². The van der Waals surface area contributed by atoms with Crippen molar-refractivity contribution in [3.8, 4) is 0 Å². The predicted octanol–water partition coefficient (Wildman–Crippen LogP) is 1.01. The summed E-state index contributed by atoms with van der Waals surface area (Å²) in [5, 5.41) is 0. The van der Waals surface area contributed by atoms with E-state index in [4.69, 9.17) is 0 Å². The lowest BCUT2D eigenvalue weighted by Crippen LogP contribution is -3.00. The van der Waals surface area contributed by atoms with E-state index in [1.807, 2.05) is 20.8 Å². The Morgan fingerprint density at radius 2 is 1.33 bits per heavy atom. The molecule has 0 aliphatic rings. The highest BCUT2D eigenvalue weighted by molar-refractivity contribution is 9.11. The maximum Gasteiger partial charge on any atom is 0.408 e. The Balaban J connectivity index is 0. The Morgan fingerprint density at radius 3 is 1.33 bits per heavy atom.